The van der Waals surface area contributed by atoms with Crippen LogP contribution in [0.1, 0.15) is 94.0 Å². The molecule has 0 N–H and O–H groups in total. The number of aryl methyl sites for hydroxylation is 1. The number of hydrogen-bond donors (Lipinski definition) is 0. The molecule has 0 saturated carbocycles. The second-order valence-corrected chi connectivity index (χ2v) is 10.7. The first kappa shape index (κ1) is 32.6. The van der Waals surface area contributed by atoms with Crippen LogP contribution < -0.4 is 9.47 Å². The van der Waals surface area contributed by atoms with Crippen molar-refractivity contribution in [3.8, 4) is 22.8 Å². The second-order valence-electron chi connectivity index (χ2n) is 10.7. The standard InChI is InChI=1S/C36H45NO5/c1-4-14-29-15-24-34(37-27-29)30-16-22-33(23-17-30)42-36(39)31-18-20-32(21-19-31)40-25-12-10-8-6-5-7-9-11-13-26-41-35(38)28(2)3/h15-24,27H,2,4-14,25-26H2,1,3H3. The molecule has 6 nitrogen and oxygen atoms in total. The summed E-state index contributed by atoms with van der Waals surface area (Å²) in [6, 6.07) is 18.6. The number of carbonyl (C=O) groups excluding carboxylic acids is 2. The van der Waals surface area contributed by atoms with E-state index in [1.807, 2.05) is 36.5 Å². The summed E-state index contributed by atoms with van der Waals surface area (Å²) in [5.74, 6) is 0.551. The van der Waals surface area contributed by atoms with Gasteiger partial charge in [0.25, 0.3) is 0 Å². The fraction of sp³-hybridized carbons (Fsp3) is 0.417. The van der Waals surface area contributed by atoms with Crippen LogP contribution in [0.5, 0.6) is 11.5 Å². The van der Waals surface area contributed by atoms with E-state index in [2.05, 4.69) is 24.6 Å². The lowest BCUT2D eigenvalue weighted by Gasteiger charge is -2.08. The van der Waals surface area contributed by atoms with Crippen molar-refractivity contribution in [2.75, 3.05) is 13.2 Å². The Kier molecular flexibility index (Phi) is 14.3. The van der Waals surface area contributed by atoms with Crippen molar-refractivity contribution >= 4 is 11.9 Å². The Bertz CT molecular complexity index is 1230. The molecule has 0 aliphatic carbocycles. The van der Waals surface area contributed by atoms with Crippen LogP contribution in [0.2, 0.25) is 0 Å². The lowest BCUT2D eigenvalue weighted by molar-refractivity contribution is -0.139. The molecule has 3 rings (SSSR count). The molecule has 6 heteroatoms. The third-order valence-electron chi connectivity index (χ3n) is 6.95. The summed E-state index contributed by atoms with van der Waals surface area (Å²) < 4.78 is 16.5. The Hall–Kier alpha value is -3.93. The van der Waals surface area contributed by atoms with Crippen LogP contribution in [-0.4, -0.2) is 30.1 Å². The van der Waals surface area contributed by atoms with E-state index in [4.69, 9.17) is 14.2 Å². The molecular weight excluding hydrogens is 526 g/mol. The molecule has 3 aromatic rings. The zero-order chi connectivity index (χ0) is 30.0. The predicted octanol–water partition coefficient (Wildman–Crippen LogP) is 8.93. The molecule has 0 saturated heterocycles. The molecule has 0 radical (unpaired) electrons. The average Bonchev–Trinajstić information content (AvgIpc) is 3.00. The van der Waals surface area contributed by atoms with Gasteiger partial charge in [0, 0.05) is 17.3 Å². The lowest BCUT2D eigenvalue weighted by atomic mass is 10.1. The monoisotopic (exact) mass is 571 g/mol. The van der Waals surface area contributed by atoms with Crippen molar-refractivity contribution in [2.45, 2.75) is 84.5 Å². The maximum absolute atomic E-state index is 12.6. The molecule has 0 aliphatic rings. The maximum Gasteiger partial charge on any atom is 0.343 e. The van der Waals surface area contributed by atoms with Gasteiger partial charge in [0.15, 0.2) is 0 Å². The van der Waals surface area contributed by atoms with Crippen LogP contribution in [0, 0.1) is 0 Å². The van der Waals surface area contributed by atoms with Crippen molar-refractivity contribution in [3.05, 3.63) is 90.1 Å². The van der Waals surface area contributed by atoms with Gasteiger partial charge in [-0.3, -0.25) is 4.98 Å². The number of ether oxygens (including phenoxy) is 3. The smallest absolute Gasteiger partial charge is 0.343 e. The van der Waals surface area contributed by atoms with Gasteiger partial charge in [-0.25, -0.2) is 9.59 Å². The normalized spacial score (nSPS) is 10.7. The Morgan fingerprint density at radius 2 is 1.33 bits per heavy atom. The summed E-state index contributed by atoms with van der Waals surface area (Å²) >= 11 is 0. The molecule has 2 aromatic carbocycles. The van der Waals surface area contributed by atoms with Gasteiger partial charge >= 0.3 is 11.9 Å². The maximum atomic E-state index is 12.6. The summed E-state index contributed by atoms with van der Waals surface area (Å²) in [4.78, 5) is 28.5. The molecular formula is C36H45NO5. The number of pyridine rings is 1. The fourth-order valence-electron chi connectivity index (χ4n) is 4.50. The molecule has 0 amide bonds. The highest BCUT2D eigenvalue weighted by molar-refractivity contribution is 5.91. The second kappa shape index (κ2) is 18.5. The minimum Gasteiger partial charge on any atom is -0.494 e. The molecule has 0 aliphatic heterocycles. The topological polar surface area (TPSA) is 74.7 Å². The summed E-state index contributed by atoms with van der Waals surface area (Å²) in [5, 5.41) is 0. The molecule has 1 aromatic heterocycles. The van der Waals surface area contributed by atoms with Gasteiger partial charge in [0.05, 0.1) is 24.5 Å². The highest BCUT2D eigenvalue weighted by atomic mass is 16.5. The predicted molar refractivity (Wildman–Crippen MR) is 168 cm³/mol. The minimum absolute atomic E-state index is 0.295. The number of benzene rings is 2. The first-order valence-corrected chi connectivity index (χ1v) is 15.3. The number of aromatic nitrogens is 1. The lowest BCUT2D eigenvalue weighted by Crippen LogP contribution is -2.08. The highest BCUT2D eigenvalue weighted by Crippen LogP contribution is 2.22. The summed E-state index contributed by atoms with van der Waals surface area (Å²) in [6.07, 6.45) is 14.3. The quantitative estimate of drug-likeness (QED) is 0.0619. The summed E-state index contributed by atoms with van der Waals surface area (Å²) in [6.45, 7) is 8.55. The van der Waals surface area contributed by atoms with Crippen LogP contribution in [-0.2, 0) is 16.0 Å². The van der Waals surface area contributed by atoms with Gasteiger partial charge < -0.3 is 14.2 Å². The van der Waals surface area contributed by atoms with Crippen molar-refractivity contribution in [1.82, 2.24) is 4.98 Å². The van der Waals surface area contributed by atoms with Crippen LogP contribution in [0.15, 0.2) is 79.0 Å². The van der Waals surface area contributed by atoms with Crippen molar-refractivity contribution in [2.24, 2.45) is 0 Å². The van der Waals surface area contributed by atoms with E-state index in [-0.39, 0.29) is 5.97 Å². The van der Waals surface area contributed by atoms with Crippen molar-refractivity contribution < 1.29 is 23.8 Å². The minimum atomic E-state index is -0.400. The first-order valence-electron chi connectivity index (χ1n) is 15.3. The molecule has 0 fully saturated rings. The van der Waals surface area contributed by atoms with Crippen LogP contribution in [0.3, 0.4) is 0 Å². The number of nitrogens with zero attached hydrogens (tertiary/aromatic N) is 1. The molecule has 0 spiro atoms. The molecule has 0 unspecified atom stereocenters. The van der Waals surface area contributed by atoms with Crippen LogP contribution >= 0.6 is 0 Å². The van der Waals surface area contributed by atoms with Crippen LogP contribution in [0.25, 0.3) is 11.3 Å². The van der Waals surface area contributed by atoms with Gasteiger partial charge in [-0.1, -0.05) is 70.9 Å². The van der Waals surface area contributed by atoms with E-state index < -0.39 is 5.97 Å². The largest absolute Gasteiger partial charge is 0.494 e. The average molecular weight is 572 g/mol. The van der Waals surface area contributed by atoms with Gasteiger partial charge in [-0.15, -0.1) is 0 Å². The molecule has 224 valence electrons. The summed E-state index contributed by atoms with van der Waals surface area (Å²) in [7, 11) is 0. The SMILES string of the molecule is C=C(C)C(=O)OCCCCCCCCCCCOc1ccc(C(=O)Oc2ccc(-c3ccc(CCC)cn3)cc2)cc1. The molecule has 1 heterocycles. The van der Waals surface area contributed by atoms with E-state index in [0.717, 1.165) is 55.5 Å². The van der Waals surface area contributed by atoms with E-state index in [1.165, 1.54) is 37.7 Å². The van der Waals surface area contributed by atoms with E-state index in [9.17, 15) is 9.59 Å². The van der Waals surface area contributed by atoms with Gasteiger partial charge in [-0.2, -0.15) is 0 Å². The molecule has 0 bridgehead atoms. The number of carbonyl (C=O) groups is 2. The zero-order valence-corrected chi connectivity index (χ0v) is 25.2. The van der Waals surface area contributed by atoms with E-state index in [0.29, 0.717) is 30.1 Å². The molecule has 0 atom stereocenters. The highest BCUT2D eigenvalue weighted by Gasteiger charge is 2.10. The van der Waals surface area contributed by atoms with E-state index in [1.54, 1.807) is 31.2 Å². The number of rotatable bonds is 19. The van der Waals surface area contributed by atoms with Gasteiger partial charge in [0.1, 0.15) is 11.5 Å². The Balaban J connectivity index is 1.25. The zero-order valence-electron chi connectivity index (χ0n) is 25.2. The third-order valence-corrected chi connectivity index (χ3v) is 6.95. The third kappa shape index (κ3) is 11.9. The van der Waals surface area contributed by atoms with Crippen molar-refractivity contribution in [3.63, 3.8) is 0 Å². The Morgan fingerprint density at radius 1 is 0.738 bits per heavy atom. The fourth-order valence-corrected chi connectivity index (χ4v) is 4.50. The molecule has 42 heavy (non-hydrogen) atoms. The Morgan fingerprint density at radius 3 is 1.90 bits per heavy atom. The number of hydrogen-bond acceptors (Lipinski definition) is 6. The number of esters is 2. The van der Waals surface area contributed by atoms with E-state index >= 15 is 0 Å². The van der Waals surface area contributed by atoms with Gasteiger partial charge in [0.2, 0.25) is 0 Å². The van der Waals surface area contributed by atoms with Crippen LogP contribution in [0.4, 0.5) is 0 Å². The van der Waals surface area contributed by atoms with Crippen molar-refractivity contribution in [1.29, 1.82) is 0 Å². The first-order chi connectivity index (χ1) is 20.5. The Labute approximate surface area is 251 Å². The van der Waals surface area contributed by atoms with Gasteiger partial charge in [-0.05, 0) is 86.3 Å². The summed E-state index contributed by atoms with van der Waals surface area (Å²) in [5.41, 5.74) is 4.04. The number of unbranched alkanes of at least 4 members (excludes halogenated alkanes) is 8.